The fraction of sp³-hybridized carbons (Fsp3) is 0.714. The van der Waals surface area contributed by atoms with E-state index in [1.54, 1.807) is 6.92 Å². The van der Waals surface area contributed by atoms with E-state index >= 15 is 0 Å². The molecule has 3 heteroatoms. The van der Waals surface area contributed by atoms with Crippen molar-refractivity contribution in [1.82, 2.24) is 0 Å². The van der Waals surface area contributed by atoms with Crippen LogP contribution in [0.3, 0.4) is 0 Å². The van der Waals surface area contributed by atoms with Crippen molar-refractivity contribution >= 4 is 11.8 Å². The third-order valence-corrected chi connectivity index (χ3v) is 1.62. The lowest BCUT2D eigenvalue weighted by molar-refractivity contribution is -0.151. The zero-order valence-corrected chi connectivity index (χ0v) is 6.42. The van der Waals surface area contributed by atoms with Crippen LogP contribution in [-0.2, 0) is 9.59 Å². The van der Waals surface area contributed by atoms with Crippen LogP contribution in [0.2, 0.25) is 0 Å². The second-order valence-electron chi connectivity index (χ2n) is 2.70. The van der Waals surface area contributed by atoms with E-state index in [0.29, 0.717) is 0 Å². The fourth-order valence-electron chi connectivity index (χ4n) is 0.498. The van der Waals surface area contributed by atoms with E-state index in [4.69, 9.17) is 5.11 Å². The first-order valence-corrected chi connectivity index (χ1v) is 3.24. The van der Waals surface area contributed by atoms with Crippen LogP contribution in [0, 0.1) is 11.8 Å². The molecule has 0 heterocycles. The number of carboxylic acid groups (broad SMARTS) is 1. The summed E-state index contributed by atoms with van der Waals surface area (Å²) in [6, 6.07) is 0. The van der Waals surface area contributed by atoms with Gasteiger partial charge in [0.25, 0.3) is 0 Å². The van der Waals surface area contributed by atoms with Gasteiger partial charge in [-0.2, -0.15) is 0 Å². The van der Waals surface area contributed by atoms with Crippen molar-refractivity contribution in [2.24, 2.45) is 11.8 Å². The largest absolute Gasteiger partial charge is 0.475 e. The number of rotatable bonds is 3. The topological polar surface area (TPSA) is 54.4 Å². The van der Waals surface area contributed by atoms with Gasteiger partial charge in [-0.3, -0.25) is 4.79 Å². The maximum Gasteiger partial charge on any atom is 0.372 e. The zero-order chi connectivity index (χ0) is 8.31. The number of ketones is 1. The molecule has 0 amide bonds. The van der Waals surface area contributed by atoms with Crippen molar-refractivity contribution in [3.63, 3.8) is 0 Å². The number of hydrogen-bond donors (Lipinski definition) is 1. The first-order chi connectivity index (χ1) is 4.46. The van der Waals surface area contributed by atoms with E-state index < -0.39 is 11.8 Å². The summed E-state index contributed by atoms with van der Waals surface area (Å²) in [5.41, 5.74) is 0. The van der Waals surface area contributed by atoms with Crippen molar-refractivity contribution in [3.8, 4) is 0 Å². The summed E-state index contributed by atoms with van der Waals surface area (Å²) < 4.78 is 0. The van der Waals surface area contributed by atoms with Gasteiger partial charge in [0.15, 0.2) is 0 Å². The lowest BCUT2D eigenvalue weighted by Crippen LogP contribution is -2.24. The molecule has 0 spiro atoms. The fourth-order valence-corrected chi connectivity index (χ4v) is 0.498. The Bertz CT molecular complexity index is 149. The van der Waals surface area contributed by atoms with Gasteiger partial charge in [-0.05, 0) is 5.92 Å². The normalized spacial score (nSPS) is 13.2. The smallest absolute Gasteiger partial charge is 0.372 e. The Balaban J connectivity index is 4.08. The molecule has 0 saturated heterocycles. The van der Waals surface area contributed by atoms with Crippen LogP contribution < -0.4 is 0 Å². The van der Waals surface area contributed by atoms with Gasteiger partial charge in [0.05, 0.1) is 0 Å². The van der Waals surface area contributed by atoms with Gasteiger partial charge in [0.1, 0.15) is 0 Å². The third kappa shape index (κ3) is 2.17. The highest BCUT2D eigenvalue weighted by Crippen LogP contribution is 2.10. The molecule has 0 aliphatic rings. The molecule has 10 heavy (non-hydrogen) atoms. The summed E-state index contributed by atoms with van der Waals surface area (Å²) in [6.07, 6.45) is 0. The molecule has 0 aromatic heterocycles. The van der Waals surface area contributed by atoms with E-state index in [2.05, 4.69) is 0 Å². The number of hydrogen-bond acceptors (Lipinski definition) is 2. The van der Waals surface area contributed by atoms with Crippen molar-refractivity contribution < 1.29 is 14.7 Å². The van der Waals surface area contributed by atoms with E-state index in [1.165, 1.54) is 0 Å². The van der Waals surface area contributed by atoms with Crippen LogP contribution in [-0.4, -0.2) is 16.9 Å². The molecule has 1 atom stereocenters. The first kappa shape index (κ1) is 9.14. The Morgan fingerprint density at radius 3 is 1.70 bits per heavy atom. The molecule has 0 saturated carbocycles. The van der Waals surface area contributed by atoms with E-state index in [-0.39, 0.29) is 11.8 Å². The molecular weight excluding hydrogens is 132 g/mol. The van der Waals surface area contributed by atoms with Gasteiger partial charge in [-0.25, -0.2) is 4.79 Å². The number of carbonyl (C=O) groups excluding carboxylic acids is 1. The molecule has 3 nitrogen and oxygen atoms in total. The highest BCUT2D eigenvalue weighted by molar-refractivity contribution is 6.33. The molecule has 0 aromatic carbocycles. The minimum Gasteiger partial charge on any atom is -0.475 e. The van der Waals surface area contributed by atoms with E-state index in [0.717, 1.165) is 0 Å². The predicted molar refractivity (Wildman–Crippen MR) is 36.6 cm³/mol. The Hall–Kier alpha value is -0.860. The summed E-state index contributed by atoms with van der Waals surface area (Å²) >= 11 is 0. The van der Waals surface area contributed by atoms with Crippen molar-refractivity contribution in [1.29, 1.82) is 0 Å². The number of Topliss-reactive ketones (excluding diaryl/α,β-unsaturated/α-hetero) is 1. The third-order valence-electron chi connectivity index (χ3n) is 1.62. The van der Waals surface area contributed by atoms with Crippen molar-refractivity contribution in [2.75, 3.05) is 0 Å². The van der Waals surface area contributed by atoms with Crippen molar-refractivity contribution in [2.45, 2.75) is 20.8 Å². The van der Waals surface area contributed by atoms with Gasteiger partial charge in [0, 0.05) is 5.92 Å². The number of aliphatic carboxylic acids is 1. The second-order valence-corrected chi connectivity index (χ2v) is 2.70. The van der Waals surface area contributed by atoms with Crippen LogP contribution >= 0.6 is 0 Å². The molecular formula is C7H12O3. The summed E-state index contributed by atoms with van der Waals surface area (Å²) in [7, 11) is 0. The Kier molecular flexibility index (Phi) is 3.06. The maximum atomic E-state index is 10.7. The molecule has 0 radical (unpaired) electrons. The molecule has 0 bridgehead atoms. The molecule has 1 N–H and O–H groups in total. The first-order valence-electron chi connectivity index (χ1n) is 3.24. The Morgan fingerprint density at radius 2 is 1.60 bits per heavy atom. The lowest BCUT2D eigenvalue weighted by atomic mass is 9.94. The minimum absolute atomic E-state index is 0.101. The van der Waals surface area contributed by atoms with Crippen molar-refractivity contribution in [3.05, 3.63) is 0 Å². The number of carbonyl (C=O) groups is 2. The van der Waals surface area contributed by atoms with Gasteiger partial charge < -0.3 is 5.11 Å². The zero-order valence-electron chi connectivity index (χ0n) is 6.42. The number of carboxylic acids is 1. The average Bonchev–Trinajstić information content (AvgIpc) is 1.84. The molecule has 0 rings (SSSR count). The molecule has 0 aliphatic carbocycles. The Labute approximate surface area is 60.0 Å². The van der Waals surface area contributed by atoms with Gasteiger partial charge in [0.2, 0.25) is 5.78 Å². The van der Waals surface area contributed by atoms with Crippen LogP contribution in [0.4, 0.5) is 0 Å². The van der Waals surface area contributed by atoms with E-state index in [9.17, 15) is 9.59 Å². The summed E-state index contributed by atoms with van der Waals surface area (Å²) in [5, 5.41) is 8.25. The average molecular weight is 144 g/mol. The summed E-state index contributed by atoms with van der Waals surface area (Å²) in [4.78, 5) is 20.8. The molecule has 0 aromatic rings. The SMILES string of the molecule is CC(C)[C@@H](C)C(=O)C(=O)O. The van der Waals surface area contributed by atoms with Crippen LogP contribution in [0.5, 0.6) is 0 Å². The van der Waals surface area contributed by atoms with Gasteiger partial charge >= 0.3 is 5.97 Å². The standard InChI is InChI=1S/C7H12O3/c1-4(2)5(3)6(8)7(9)10/h4-5H,1-3H3,(H,9,10)/t5-/m1/s1. The van der Waals surface area contributed by atoms with Crippen LogP contribution in [0.15, 0.2) is 0 Å². The monoisotopic (exact) mass is 144 g/mol. The molecule has 0 aliphatic heterocycles. The van der Waals surface area contributed by atoms with Gasteiger partial charge in [-0.15, -0.1) is 0 Å². The molecule has 58 valence electrons. The quantitative estimate of drug-likeness (QED) is 0.599. The Morgan fingerprint density at radius 1 is 1.20 bits per heavy atom. The minimum atomic E-state index is -1.33. The highest BCUT2D eigenvalue weighted by Gasteiger charge is 2.22. The molecule has 0 fully saturated rings. The second kappa shape index (κ2) is 3.34. The summed E-state index contributed by atoms with van der Waals surface area (Å²) in [6.45, 7) is 5.28. The lowest BCUT2D eigenvalue weighted by Gasteiger charge is -2.09. The van der Waals surface area contributed by atoms with E-state index in [1.807, 2.05) is 13.8 Å². The van der Waals surface area contributed by atoms with Gasteiger partial charge in [-0.1, -0.05) is 20.8 Å². The highest BCUT2D eigenvalue weighted by atomic mass is 16.4. The maximum absolute atomic E-state index is 10.7. The van der Waals surface area contributed by atoms with Crippen LogP contribution in [0.1, 0.15) is 20.8 Å². The summed E-state index contributed by atoms with van der Waals surface area (Å²) in [5.74, 6) is -2.31. The van der Waals surface area contributed by atoms with Crippen LogP contribution in [0.25, 0.3) is 0 Å². The molecule has 0 unspecified atom stereocenters. The predicted octanol–water partition coefficient (Wildman–Crippen LogP) is 0.932.